The van der Waals surface area contributed by atoms with Gasteiger partial charge in [-0.1, -0.05) is 6.92 Å². The van der Waals surface area contributed by atoms with Crippen LogP contribution < -0.4 is 4.90 Å². The van der Waals surface area contributed by atoms with Gasteiger partial charge in [-0.05, 0) is 25.5 Å². The summed E-state index contributed by atoms with van der Waals surface area (Å²) in [5.74, 6) is 0.974. The highest BCUT2D eigenvalue weighted by Crippen LogP contribution is 2.07. The summed E-state index contributed by atoms with van der Waals surface area (Å²) in [6, 6.07) is 3.91. The zero-order valence-corrected chi connectivity index (χ0v) is 7.70. The number of aromatic nitrogens is 2. The van der Waals surface area contributed by atoms with Gasteiger partial charge in [-0.2, -0.15) is 5.10 Å². The first-order valence-electron chi connectivity index (χ1n) is 4.41. The minimum Gasteiger partial charge on any atom is -0.355 e. The van der Waals surface area contributed by atoms with E-state index in [1.165, 1.54) is 0 Å². The molecule has 66 valence electrons. The number of nitrogens with zero attached hydrogens (tertiary/aromatic N) is 3. The normalized spacial score (nSPS) is 9.83. The van der Waals surface area contributed by atoms with Crippen LogP contribution in [0.3, 0.4) is 0 Å². The molecule has 0 aliphatic rings. The topological polar surface area (TPSA) is 29.0 Å². The molecule has 0 fully saturated rings. The van der Waals surface area contributed by atoms with Crippen LogP contribution in [0, 0.1) is 0 Å². The monoisotopic (exact) mass is 165 g/mol. The standard InChI is InChI=1S/C9H15N3/c1-3-8-12(4-2)9-6-5-7-10-11-9/h5-7H,3-4,8H2,1-2H3. The van der Waals surface area contributed by atoms with E-state index < -0.39 is 0 Å². The molecule has 3 heteroatoms. The molecule has 0 unspecified atom stereocenters. The van der Waals surface area contributed by atoms with Crippen molar-refractivity contribution in [3.05, 3.63) is 18.3 Å². The fourth-order valence-electron chi connectivity index (χ4n) is 1.17. The van der Waals surface area contributed by atoms with E-state index in [-0.39, 0.29) is 0 Å². The number of anilines is 1. The molecule has 0 atom stereocenters. The first-order chi connectivity index (χ1) is 5.88. The summed E-state index contributed by atoms with van der Waals surface area (Å²) >= 11 is 0. The Morgan fingerprint density at radius 1 is 1.42 bits per heavy atom. The molecule has 0 spiro atoms. The van der Waals surface area contributed by atoms with Gasteiger partial charge in [0.15, 0.2) is 5.82 Å². The van der Waals surface area contributed by atoms with E-state index in [9.17, 15) is 0 Å². The molecule has 1 aromatic rings. The highest BCUT2D eigenvalue weighted by Gasteiger charge is 2.02. The number of hydrogen-bond acceptors (Lipinski definition) is 3. The summed E-state index contributed by atoms with van der Waals surface area (Å²) in [7, 11) is 0. The molecule has 3 nitrogen and oxygen atoms in total. The van der Waals surface area contributed by atoms with Gasteiger partial charge >= 0.3 is 0 Å². The third kappa shape index (κ3) is 2.19. The molecule has 0 aliphatic heterocycles. The number of rotatable bonds is 4. The van der Waals surface area contributed by atoms with Crippen molar-refractivity contribution >= 4 is 5.82 Å². The van der Waals surface area contributed by atoms with Crippen LogP contribution in [0.2, 0.25) is 0 Å². The van der Waals surface area contributed by atoms with Crippen LogP contribution in [0.1, 0.15) is 20.3 Å². The molecular formula is C9H15N3. The SMILES string of the molecule is CCCN(CC)c1cccnn1. The quantitative estimate of drug-likeness (QED) is 0.680. The first-order valence-corrected chi connectivity index (χ1v) is 4.41. The molecule has 1 heterocycles. The van der Waals surface area contributed by atoms with Gasteiger partial charge in [-0.3, -0.25) is 0 Å². The summed E-state index contributed by atoms with van der Waals surface area (Å²) in [6.07, 6.45) is 2.84. The largest absolute Gasteiger partial charge is 0.355 e. The minimum absolute atomic E-state index is 0.974. The zero-order valence-electron chi connectivity index (χ0n) is 7.70. The molecule has 12 heavy (non-hydrogen) atoms. The molecule has 0 saturated carbocycles. The van der Waals surface area contributed by atoms with Crippen molar-refractivity contribution in [1.82, 2.24) is 10.2 Å². The number of hydrogen-bond donors (Lipinski definition) is 0. The van der Waals surface area contributed by atoms with Gasteiger partial charge in [0.25, 0.3) is 0 Å². The molecule has 0 radical (unpaired) electrons. The van der Waals surface area contributed by atoms with Crippen LogP contribution in [0.15, 0.2) is 18.3 Å². The lowest BCUT2D eigenvalue weighted by Gasteiger charge is -2.19. The highest BCUT2D eigenvalue weighted by molar-refractivity contribution is 5.35. The Hall–Kier alpha value is -1.12. The smallest absolute Gasteiger partial charge is 0.151 e. The van der Waals surface area contributed by atoms with Gasteiger partial charge in [-0.15, -0.1) is 5.10 Å². The van der Waals surface area contributed by atoms with Crippen molar-refractivity contribution in [3.63, 3.8) is 0 Å². The Labute approximate surface area is 73.4 Å². The molecule has 0 amide bonds. The van der Waals surface area contributed by atoms with Crippen LogP contribution in [0.4, 0.5) is 5.82 Å². The van der Waals surface area contributed by atoms with E-state index in [2.05, 4.69) is 28.9 Å². The van der Waals surface area contributed by atoms with Crippen LogP contribution in [-0.2, 0) is 0 Å². The molecule has 0 aliphatic carbocycles. The molecule has 0 aromatic carbocycles. The van der Waals surface area contributed by atoms with Crippen molar-refractivity contribution in [1.29, 1.82) is 0 Å². The van der Waals surface area contributed by atoms with Gasteiger partial charge in [0.2, 0.25) is 0 Å². The van der Waals surface area contributed by atoms with E-state index in [0.717, 1.165) is 25.3 Å². The van der Waals surface area contributed by atoms with Crippen LogP contribution >= 0.6 is 0 Å². The Kier molecular flexibility index (Phi) is 3.51. The fraction of sp³-hybridized carbons (Fsp3) is 0.556. The van der Waals surface area contributed by atoms with Crippen molar-refractivity contribution in [2.24, 2.45) is 0 Å². The van der Waals surface area contributed by atoms with Gasteiger partial charge in [0.1, 0.15) is 0 Å². The maximum atomic E-state index is 4.04. The molecule has 1 rings (SSSR count). The second-order valence-electron chi connectivity index (χ2n) is 2.66. The van der Waals surface area contributed by atoms with Crippen molar-refractivity contribution < 1.29 is 0 Å². The van der Waals surface area contributed by atoms with Crippen molar-refractivity contribution in [3.8, 4) is 0 Å². The lowest BCUT2D eigenvalue weighted by atomic mass is 10.4. The minimum atomic E-state index is 0.974. The first kappa shape index (κ1) is 8.97. The zero-order chi connectivity index (χ0) is 8.81. The molecular weight excluding hydrogens is 150 g/mol. The van der Waals surface area contributed by atoms with Gasteiger partial charge in [0.05, 0.1) is 0 Å². The van der Waals surface area contributed by atoms with Gasteiger partial charge in [0, 0.05) is 19.3 Å². The lowest BCUT2D eigenvalue weighted by Crippen LogP contribution is -2.24. The predicted octanol–water partition coefficient (Wildman–Crippen LogP) is 1.71. The molecule has 0 saturated heterocycles. The summed E-state index contributed by atoms with van der Waals surface area (Å²) < 4.78 is 0. The second kappa shape index (κ2) is 4.70. The fourth-order valence-corrected chi connectivity index (χ4v) is 1.17. The van der Waals surface area contributed by atoms with Gasteiger partial charge in [-0.25, -0.2) is 0 Å². The maximum Gasteiger partial charge on any atom is 0.151 e. The Bertz CT molecular complexity index is 210. The Balaban J connectivity index is 2.66. The Morgan fingerprint density at radius 3 is 2.75 bits per heavy atom. The molecule has 0 N–H and O–H groups in total. The van der Waals surface area contributed by atoms with Crippen LogP contribution in [0.5, 0.6) is 0 Å². The molecule has 0 bridgehead atoms. The van der Waals surface area contributed by atoms with Crippen molar-refractivity contribution in [2.45, 2.75) is 20.3 Å². The third-order valence-electron chi connectivity index (χ3n) is 1.76. The lowest BCUT2D eigenvalue weighted by molar-refractivity contribution is 0.767. The highest BCUT2D eigenvalue weighted by atomic mass is 15.2. The maximum absolute atomic E-state index is 4.04. The van der Waals surface area contributed by atoms with Crippen LogP contribution in [-0.4, -0.2) is 23.3 Å². The summed E-state index contributed by atoms with van der Waals surface area (Å²) in [6.45, 7) is 6.34. The van der Waals surface area contributed by atoms with E-state index in [4.69, 9.17) is 0 Å². The predicted molar refractivity (Wildman–Crippen MR) is 50.2 cm³/mol. The van der Waals surface area contributed by atoms with Crippen LogP contribution in [0.25, 0.3) is 0 Å². The second-order valence-corrected chi connectivity index (χ2v) is 2.66. The average Bonchev–Trinajstić information content (AvgIpc) is 2.15. The van der Waals surface area contributed by atoms with E-state index in [1.54, 1.807) is 6.20 Å². The summed E-state index contributed by atoms with van der Waals surface area (Å²) in [4.78, 5) is 2.22. The molecule has 1 aromatic heterocycles. The van der Waals surface area contributed by atoms with Crippen molar-refractivity contribution in [2.75, 3.05) is 18.0 Å². The van der Waals surface area contributed by atoms with Gasteiger partial charge < -0.3 is 4.90 Å². The Morgan fingerprint density at radius 2 is 2.25 bits per heavy atom. The summed E-state index contributed by atoms with van der Waals surface area (Å²) in [5.41, 5.74) is 0. The average molecular weight is 165 g/mol. The third-order valence-corrected chi connectivity index (χ3v) is 1.76. The van der Waals surface area contributed by atoms with E-state index in [1.807, 2.05) is 12.1 Å². The van der Waals surface area contributed by atoms with E-state index in [0.29, 0.717) is 0 Å². The van der Waals surface area contributed by atoms with E-state index >= 15 is 0 Å². The summed E-state index contributed by atoms with van der Waals surface area (Å²) in [5, 5.41) is 7.89.